The van der Waals surface area contributed by atoms with Crippen LogP contribution in [0, 0.1) is 11.8 Å². The van der Waals surface area contributed by atoms with E-state index in [2.05, 4.69) is 4.98 Å². The molecule has 4 heteroatoms. The monoisotopic (exact) mass is 222 g/mol. The molecule has 2 fully saturated rings. The molecule has 0 N–H and O–H groups in total. The van der Waals surface area contributed by atoms with Gasteiger partial charge in [0.15, 0.2) is 0 Å². The van der Waals surface area contributed by atoms with Gasteiger partial charge < -0.3 is 4.90 Å². The first-order valence-corrected chi connectivity index (χ1v) is 5.53. The number of halogens is 1. The number of hydrogen-bond acceptors (Lipinski definition) is 2. The van der Waals surface area contributed by atoms with E-state index in [0.717, 1.165) is 24.9 Å². The van der Waals surface area contributed by atoms with Crippen molar-refractivity contribution in [3.05, 3.63) is 29.0 Å². The highest BCUT2D eigenvalue weighted by atomic mass is 35.5. The molecule has 3 nitrogen and oxygen atoms in total. The van der Waals surface area contributed by atoms with Crippen molar-refractivity contribution in [2.75, 3.05) is 13.1 Å². The van der Waals surface area contributed by atoms with E-state index >= 15 is 0 Å². The molecule has 15 heavy (non-hydrogen) atoms. The number of carbonyl (C=O) groups is 1. The van der Waals surface area contributed by atoms with Gasteiger partial charge in [-0.2, -0.15) is 0 Å². The molecular formula is C11H11ClN2O. The van der Waals surface area contributed by atoms with Crippen molar-refractivity contribution in [1.29, 1.82) is 0 Å². The van der Waals surface area contributed by atoms with Crippen molar-refractivity contribution in [3.8, 4) is 0 Å². The molecule has 1 aromatic rings. The lowest BCUT2D eigenvalue weighted by Crippen LogP contribution is -2.30. The maximum atomic E-state index is 12.0. The van der Waals surface area contributed by atoms with Crippen LogP contribution in [0.3, 0.4) is 0 Å². The van der Waals surface area contributed by atoms with Crippen LogP contribution in [0.2, 0.25) is 5.15 Å². The Morgan fingerprint density at radius 1 is 1.47 bits per heavy atom. The summed E-state index contributed by atoms with van der Waals surface area (Å²) in [6.07, 6.45) is 2.89. The van der Waals surface area contributed by atoms with Crippen LogP contribution in [0.1, 0.15) is 16.8 Å². The highest BCUT2D eigenvalue weighted by Crippen LogP contribution is 2.45. The number of hydrogen-bond donors (Lipinski definition) is 0. The summed E-state index contributed by atoms with van der Waals surface area (Å²) in [6, 6.07) is 3.48. The average Bonchev–Trinajstić information content (AvgIpc) is 2.86. The van der Waals surface area contributed by atoms with Gasteiger partial charge in [0, 0.05) is 19.3 Å². The second-order valence-corrected chi connectivity index (χ2v) is 4.67. The Bertz CT molecular complexity index is 411. The van der Waals surface area contributed by atoms with Crippen LogP contribution < -0.4 is 0 Å². The highest BCUT2D eigenvalue weighted by molar-refractivity contribution is 6.32. The third-order valence-electron chi connectivity index (χ3n) is 3.26. The van der Waals surface area contributed by atoms with Crippen LogP contribution >= 0.6 is 11.6 Å². The van der Waals surface area contributed by atoms with Crippen molar-refractivity contribution in [3.63, 3.8) is 0 Å². The molecule has 3 rings (SSSR count). The number of fused-ring (bicyclic) bond motifs is 1. The first kappa shape index (κ1) is 9.16. The Morgan fingerprint density at radius 3 is 2.87 bits per heavy atom. The standard InChI is InChI=1S/C11H11ClN2O/c12-10-9(2-1-3-13-10)11(15)14-5-7-4-8(7)6-14/h1-3,7-8H,4-6H2. The second-order valence-electron chi connectivity index (χ2n) is 4.31. The quantitative estimate of drug-likeness (QED) is 0.680. The Morgan fingerprint density at radius 2 is 2.20 bits per heavy atom. The largest absolute Gasteiger partial charge is 0.338 e. The number of piperidine rings is 1. The Labute approximate surface area is 93.1 Å². The topological polar surface area (TPSA) is 33.2 Å². The lowest BCUT2D eigenvalue weighted by Gasteiger charge is -2.18. The fourth-order valence-electron chi connectivity index (χ4n) is 2.28. The molecule has 1 aliphatic heterocycles. The lowest BCUT2D eigenvalue weighted by atomic mass is 10.2. The number of aromatic nitrogens is 1. The van der Waals surface area contributed by atoms with E-state index in [4.69, 9.17) is 11.6 Å². The Kier molecular flexibility index (Phi) is 1.96. The van der Waals surface area contributed by atoms with Gasteiger partial charge in [0.2, 0.25) is 0 Å². The van der Waals surface area contributed by atoms with Gasteiger partial charge in [0.25, 0.3) is 5.91 Å². The summed E-state index contributed by atoms with van der Waals surface area (Å²) in [5, 5.41) is 0.308. The zero-order chi connectivity index (χ0) is 10.4. The SMILES string of the molecule is O=C(c1cccnc1Cl)N1CC2CC2C1. The van der Waals surface area contributed by atoms with Gasteiger partial charge in [-0.25, -0.2) is 4.98 Å². The maximum absolute atomic E-state index is 12.0. The molecule has 1 amide bonds. The number of amides is 1. The molecule has 1 saturated heterocycles. The van der Waals surface area contributed by atoms with Crippen LogP contribution in [0.4, 0.5) is 0 Å². The van der Waals surface area contributed by atoms with Gasteiger partial charge in [-0.3, -0.25) is 4.79 Å². The predicted molar refractivity (Wildman–Crippen MR) is 56.7 cm³/mol. The number of pyridine rings is 1. The van der Waals surface area contributed by atoms with Gasteiger partial charge >= 0.3 is 0 Å². The molecule has 0 spiro atoms. The van der Waals surface area contributed by atoms with E-state index < -0.39 is 0 Å². The minimum Gasteiger partial charge on any atom is -0.338 e. The average molecular weight is 223 g/mol. The van der Waals surface area contributed by atoms with Crippen molar-refractivity contribution in [1.82, 2.24) is 9.88 Å². The van der Waals surface area contributed by atoms with Gasteiger partial charge in [-0.15, -0.1) is 0 Å². The van der Waals surface area contributed by atoms with Crippen LogP contribution in [0.15, 0.2) is 18.3 Å². The van der Waals surface area contributed by atoms with Gasteiger partial charge in [-0.05, 0) is 30.4 Å². The molecule has 0 aromatic carbocycles. The van der Waals surface area contributed by atoms with Gasteiger partial charge in [0.05, 0.1) is 5.56 Å². The fraction of sp³-hybridized carbons (Fsp3) is 0.455. The smallest absolute Gasteiger partial charge is 0.257 e. The molecule has 78 valence electrons. The van der Waals surface area contributed by atoms with E-state index in [1.165, 1.54) is 6.42 Å². The molecular weight excluding hydrogens is 212 g/mol. The van der Waals surface area contributed by atoms with Crippen LogP contribution in [-0.4, -0.2) is 28.9 Å². The maximum Gasteiger partial charge on any atom is 0.257 e. The third kappa shape index (κ3) is 1.51. The van der Waals surface area contributed by atoms with Gasteiger partial charge in [0.1, 0.15) is 5.15 Å². The minimum absolute atomic E-state index is 0.0281. The van der Waals surface area contributed by atoms with E-state index in [9.17, 15) is 4.79 Å². The molecule has 1 aromatic heterocycles. The lowest BCUT2D eigenvalue weighted by molar-refractivity contribution is 0.0775. The summed E-state index contributed by atoms with van der Waals surface area (Å²) in [6.45, 7) is 1.80. The summed E-state index contributed by atoms with van der Waals surface area (Å²) >= 11 is 5.89. The fourth-order valence-corrected chi connectivity index (χ4v) is 2.48. The first-order valence-electron chi connectivity index (χ1n) is 5.15. The molecule has 2 atom stereocenters. The molecule has 0 radical (unpaired) electrons. The summed E-state index contributed by atoms with van der Waals surface area (Å²) in [7, 11) is 0. The molecule has 2 heterocycles. The summed E-state index contributed by atoms with van der Waals surface area (Å²) in [5.41, 5.74) is 0.528. The van der Waals surface area contributed by atoms with Crippen molar-refractivity contribution in [2.45, 2.75) is 6.42 Å². The summed E-state index contributed by atoms with van der Waals surface area (Å²) in [5.74, 6) is 1.54. The zero-order valence-corrected chi connectivity index (χ0v) is 8.94. The van der Waals surface area contributed by atoms with Crippen molar-refractivity contribution < 1.29 is 4.79 Å². The number of rotatable bonds is 1. The van der Waals surface area contributed by atoms with Crippen molar-refractivity contribution >= 4 is 17.5 Å². The number of likely N-dealkylation sites (tertiary alicyclic amines) is 1. The Balaban J connectivity index is 1.82. The van der Waals surface area contributed by atoms with Gasteiger partial charge in [-0.1, -0.05) is 11.6 Å². The van der Waals surface area contributed by atoms with E-state index in [1.807, 2.05) is 4.90 Å². The highest BCUT2D eigenvalue weighted by Gasteiger charge is 2.46. The molecule has 1 aliphatic carbocycles. The summed E-state index contributed by atoms with van der Waals surface area (Å²) < 4.78 is 0. The molecule has 0 bridgehead atoms. The van der Waals surface area contributed by atoms with Crippen LogP contribution in [0.25, 0.3) is 0 Å². The number of carbonyl (C=O) groups excluding carboxylic acids is 1. The van der Waals surface area contributed by atoms with Crippen LogP contribution in [0.5, 0.6) is 0 Å². The molecule has 2 unspecified atom stereocenters. The number of nitrogens with zero attached hydrogens (tertiary/aromatic N) is 2. The normalized spacial score (nSPS) is 27.7. The second kappa shape index (κ2) is 3.20. The third-order valence-corrected chi connectivity index (χ3v) is 3.56. The Hall–Kier alpha value is -1.09. The first-order chi connectivity index (χ1) is 7.25. The zero-order valence-electron chi connectivity index (χ0n) is 8.19. The van der Waals surface area contributed by atoms with E-state index in [1.54, 1.807) is 18.3 Å². The van der Waals surface area contributed by atoms with E-state index in [-0.39, 0.29) is 5.91 Å². The summed E-state index contributed by atoms with van der Waals surface area (Å²) in [4.78, 5) is 17.8. The van der Waals surface area contributed by atoms with E-state index in [0.29, 0.717) is 10.7 Å². The van der Waals surface area contributed by atoms with Crippen LogP contribution in [-0.2, 0) is 0 Å². The predicted octanol–water partition coefficient (Wildman–Crippen LogP) is 1.83. The molecule has 1 saturated carbocycles. The minimum atomic E-state index is 0.0281. The van der Waals surface area contributed by atoms with Crippen molar-refractivity contribution in [2.24, 2.45) is 11.8 Å². The molecule has 2 aliphatic rings.